The fourth-order valence-electron chi connectivity index (χ4n) is 1.83. The lowest BCUT2D eigenvalue weighted by atomic mass is 10.0. The van der Waals surface area contributed by atoms with E-state index in [1.165, 1.54) is 6.20 Å². The highest BCUT2D eigenvalue weighted by Crippen LogP contribution is 2.21. The van der Waals surface area contributed by atoms with Gasteiger partial charge in [0, 0.05) is 25.7 Å². The minimum atomic E-state index is -0.432. The van der Waals surface area contributed by atoms with Crippen LogP contribution in [0.1, 0.15) is 25.8 Å². The molecule has 0 saturated heterocycles. The Balaban J connectivity index is 2.72. The second kappa shape index (κ2) is 6.47. The van der Waals surface area contributed by atoms with E-state index in [0.29, 0.717) is 5.92 Å². The van der Waals surface area contributed by atoms with E-state index in [4.69, 9.17) is 5.73 Å². The normalized spacial score (nSPS) is 12.5. The Labute approximate surface area is 113 Å². The van der Waals surface area contributed by atoms with Gasteiger partial charge in [-0.05, 0) is 24.8 Å². The quantitative estimate of drug-likeness (QED) is 0.629. The molecule has 6 nitrogen and oxygen atoms in total. The fourth-order valence-corrected chi connectivity index (χ4v) is 1.83. The molecule has 0 aliphatic carbocycles. The molecule has 1 heterocycles. The summed E-state index contributed by atoms with van der Waals surface area (Å²) in [6, 6.07) is 1.70. The van der Waals surface area contributed by atoms with E-state index < -0.39 is 4.92 Å². The summed E-state index contributed by atoms with van der Waals surface area (Å²) in [5.74, 6) is 1.21. The molecular formula is C13H22N4O2. The molecule has 19 heavy (non-hydrogen) atoms. The molecule has 1 unspecified atom stereocenters. The van der Waals surface area contributed by atoms with Gasteiger partial charge in [0.25, 0.3) is 5.69 Å². The van der Waals surface area contributed by atoms with E-state index in [1.54, 1.807) is 6.07 Å². The van der Waals surface area contributed by atoms with Gasteiger partial charge in [0.15, 0.2) is 0 Å². The van der Waals surface area contributed by atoms with Crippen LogP contribution in [0.2, 0.25) is 0 Å². The van der Waals surface area contributed by atoms with Crippen LogP contribution in [0.4, 0.5) is 11.5 Å². The molecule has 106 valence electrons. The van der Waals surface area contributed by atoms with Gasteiger partial charge in [-0.3, -0.25) is 10.1 Å². The third-order valence-corrected chi connectivity index (χ3v) is 3.26. The Morgan fingerprint density at radius 2 is 2.16 bits per heavy atom. The number of anilines is 1. The zero-order valence-electron chi connectivity index (χ0n) is 12.0. The Hall–Kier alpha value is -1.69. The molecule has 0 fully saturated rings. The molecule has 0 spiro atoms. The van der Waals surface area contributed by atoms with Crippen LogP contribution in [0.3, 0.4) is 0 Å². The first-order chi connectivity index (χ1) is 8.82. The molecule has 2 N–H and O–H groups in total. The summed E-state index contributed by atoms with van der Waals surface area (Å²) in [7, 11) is 1.92. The molecule has 6 heteroatoms. The van der Waals surface area contributed by atoms with Crippen LogP contribution in [0, 0.1) is 23.0 Å². The van der Waals surface area contributed by atoms with Gasteiger partial charge in [-0.25, -0.2) is 4.98 Å². The largest absolute Gasteiger partial charge is 0.359 e. The van der Waals surface area contributed by atoms with Gasteiger partial charge in [0.05, 0.1) is 4.92 Å². The van der Waals surface area contributed by atoms with Crippen LogP contribution in [-0.2, 0) is 0 Å². The number of hydrogen-bond acceptors (Lipinski definition) is 5. The second-order valence-corrected chi connectivity index (χ2v) is 5.21. The molecule has 1 rings (SSSR count). The maximum atomic E-state index is 10.7. The van der Waals surface area contributed by atoms with Crippen LogP contribution in [-0.4, -0.2) is 29.5 Å². The summed E-state index contributed by atoms with van der Waals surface area (Å²) in [6.45, 7) is 6.80. The van der Waals surface area contributed by atoms with Gasteiger partial charge in [-0.1, -0.05) is 13.8 Å². The third-order valence-electron chi connectivity index (χ3n) is 3.26. The van der Waals surface area contributed by atoms with Crippen molar-refractivity contribution in [3.63, 3.8) is 0 Å². The molecule has 0 bridgehead atoms. The lowest BCUT2D eigenvalue weighted by molar-refractivity contribution is -0.385. The van der Waals surface area contributed by atoms with E-state index in [1.807, 2.05) is 18.9 Å². The zero-order valence-corrected chi connectivity index (χ0v) is 12.0. The van der Waals surface area contributed by atoms with Crippen molar-refractivity contribution in [2.45, 2.75) is 33.2 Å². The SMILES string of the molecule is Cc1cc([N+](=O)[O-])cnc1N(C)CCC(N)C(C)C. The molecule has 0 aromatic carbocycles. The Bertz CT molecular complexity index is 448. The molecule has 0 radical (unpaired) electrons. The summed E-state index contributed by atoms with van der Waals surface area (Å²) >= 11 is 0. The van der Waals surface area contributed by atoms with Crippen LogP contribution in [0.25, 0.3) is 0 Å². The van der Waals surface area contributed by atoms with Crippen molar-refractivity contribution in [3.8, 4) is 0 Å². The number of pyridine rings is 1. The highest BCUT2D eigenvalue weighted by Gasteiger charge is 2.14. The smallest absolute Gasteiger partial charge is 0.287 e. The average molecular weight is 266 g/mol. The highest BCUT2D eigenvalue weighted by atomic mass is 16.6. The Kier molecular flexibility index (Phi) is 5.23. The predicted molar refractivity (Wildman–Crippen MR) is 76.3 cm³/mol. The van der Waals surface area contributed by atoms with Crippen molar-refractivity contribution in [2.24, 2.45) is 11.7 Å². The zero-order chi connectivity index (χ0) is 14.6. The number of nitro groups is 1. The number of hydrogen-bond donors (Lipinski definition) is 1. The van der Waals surface area contributed by atoms with E-state index in [2.05, 4.69) is 18.8 Å². The lowest BCUT2D eigenvalue weighted by Gasteiger charge is -2.23. The van der Waals surface area contributed by atoms with Gasteiger partial charge < -0.3 is 10.6 Å². The van der Waals surface area contributed by atoms with E-state index in [-0.39, 0.29) is 11.7 Å². The van der Waals surface area contributed by atoms with Gasteiger partial charge in [-0.2, -0.15) is 0 Å². The monoisotopic (exact) mass is 266 g/mol. The maximum Gasteiger partial charge on any atom is 0.287 e. The summed E-state index contributed by atoms with van der Waals surface area (Å²) in [4.78, 5) is 16.4. The summed E-state index contributed by atoms with van der Waals surface area (Å²) in [5.41, 5.74) is 6.83. The van der Waals surface area contributed by atoms with E-state index in [0.717, 1.165) is 24.3 Å². The fraction of sp³-hybridized carbons (Fsp3) is 0.615. The molecule has 1 atom stereocenters. The van der Waals surface area contributed by atoms with Crippen molar-refractivity contribution in [3.05, 3.63) is 27.9 Å². The molecule has 0 saturated carbocycles. The first kappa shape index (κ1) is 15.4. The maximum absolute atomic E-state index is 10.7. The first-order valence-electron chi connectivity index (χ1n) is 6.40. The molecule has 1 aromatic rings. The number of aromatic nitrogens is 1. The summed E-state index contributed by atoms with van der Waals surface area (Å²) < 4.78 is 0. The van der Waals surface area contributed by atoms with Crippen molar-refractivity contribution >= 4 is 11.5 Å². The van der Waals surface area contributed by atoms with E-state index >= 15 is 0 Å². The number of nitrogens with zero attached hydrogens (tertiary/aromatic N) is 3. The summed E-state index contributed by atoms with van der Waals surface area (Å²) in [6.07, 6.45) is 2.16. The van der Waals surface area contributed by atoms with Crippen molar-refractivity contribution in [1.29, 1.82) is 0 Å². The molecule has 0 amide bonds. The summed E-state index contributed by atoms with van der Waals surface area (Å²) in [5, 5.41) is 10.7. The van der Waals surface area contributed by atoms with Gasteiger partial charge in [0.2, 0.25) is 0 Å². The van der Waals surface area contributed by atoms with Crippen LogP contribution in [0.5, 0.6) is 0 Å². The molecule has 0 aliphatic rings. The number of nitrogens with two attached hydrogens (primary N) is 1. The minimum absolute atomic E-state index is 0.0218. The standard InChI is InChI=1S/C13H22N4O2/c1-9(2)12(14)5-6-16(4)13-10(3)7-11(8-15-13)17(18)19/h7-9,12H,5-6,14H2,1-4H3. The Morgan fingerprint density at radius 3 is 2.63 bits per heavy atom. The Morgan fingerprint density at radius 1 is 1.53 bits per heavy atom. The topological polar surface area (TPSA) is 85.3 Å². The first-order valence-corrected chi connectivity index (χ1v) is 6.40. The molecule has 0 aliphatic heterocycles. The van der Waals surface area contributed by atoms with Gasteiger partial charge in [0.1, 0.15) is 12.0 Å². The lowest BCUT2D eigenvalue weighted by Crippen LogP contribution is -2.32. The number of aryl methyl sites for hydroxylation is 1. The third kappa shape index (κ3) is 4.17. The van der Waals surface area contributed by atoms with Crippen molar-refractivity contribution in [2.75, 3.05) is 18.5 Å². The second-order valence-electron chi connectivity index (χ2n) is 5.21. The van der Waals surface area contributed by atoms with Gasteiger partial charge in [-0.15, -0.1) is 0 Å². The molecular weight excluding hydrogens is 244 g/mol. The van der Waals surface area contributed by atoms with E-state index in [9.17, 15) is 10.1 Å². The van der Waals surface area contributed by atoms with Crippen molar-refractivity contribution < 1.29 is 4.92 Å². The van der Waals surface area contributed by atoms with Crippen LogP contribution >= 0.6 is 0 Å². The van der Waals surface area contributed by atoms with Crippen molar-refractivity contribution in [1.82, 2.24) is 4.98 Å². The average Bonchev–Trinajstić information content (AvgIpc) is 2.34. The minimum Gasteiger partial charge on any atom is -0.359 e. The van der Waals surface area contributed by atoms with Crippen LogP contribution < -0.4 is 10.6 Å². The number of rotatable bonds is 6. The van der Waals surface area contributed by atoms with Gasteiger partial charge >= 0.3 is 0 Å². The predicted octanol–water partition coefficient (Wildman–Crippen LogP) is 2.11. The highest BCUT2D eigenvalue weighted by molar-refractivity contribution is 5.49. The van der Waals surface area contributed by atoms with Crippen LogP contribution in [0.15, 0.2) is 12.3 Å². The molecule has 1 aromatic heterocycles.